The van der Waals surface area contributed by atoms with Crippen molar-refractivity contribution in [2.45, 2.75) is 116 Å². The first-order chi connectivity index (χ1) is 19.5. The van der Waals surface area contributed by atoms with E-state index in [0.717, 1.165) is 6.42 Å². The van der Waals surface area contributed by atoms with Gasteiger partial charge in [-0.2, -0.15) is 0 Å². The third-order valence-corrected chi connectivity index (χ3v) is 7.94. The zero-order valence-electron chi connectivity index (χ0n) is 24.4. The van der Waals surface area contributed by atoms with E-state index in [1.54, 1.807) is 4.57 Å². The van der Waals surface area contributed by atoms with E-state index in [1.165, 1.54) is 96.1 Å². The lowest BCUT2D eigenvalue weighted by atomic mass is 10.0. The molecule has 2 aromatic rings. The fourth-order valence-electron chi connectivity index (χ4n) is 4.52. The van der Waals surface area contributed by atoms with E-state index in [9.17, 15) is 14.6 Å². The molecule has 0 aliphatic carbocycles. The molecular weight excluding hydrogens is 533 g/mol. The number of fused-ring (bicyclic) bond motifs is 1. The van der Waals surface area contributed by atoms with Crippen molar-refractivity contribution in [3.8, 4) is 0 Å². The minimum atomic E-state index is -3.96. The van der Waals surface area contributed by atoms with Crippen LogP contribution in [0.1, 0.15) is 103 Å². The third-order valence-electron chi connectivity index (χ3n) is 6.88. The Morgan fingerprint density at radius 1 is 0.875 bits per heavy atom. The SMILES string of the molecule is CCCCCCCCCCCCCCCCOCCCOP(=O)(O)CO[C@H](CO)Cn1cnc2c(N)ncnc21. The van der Waals surface area contributed by atoms with Crippen LogP contribution in [0.4, 0.5) is 5.82 Å². The zero-order valence-corrected chi connectivity index (χ0v) is 25.3. The molecule has 1 unspecified atom stereocenters. The molecule has 0 saturated carbocycles. The number of ether oxygens (including phenoxy) is 2. The Morgan fingerprint density at radius 2 is 1.48 bits per heavy atom. The van der Waals surface area contributed by atoms with Crippen molar-refractivity contribution in [3.05, 3.63) is 12.7 Å². The quantitative estimate of drug-likeness (QED) is 0.0906. The highest BCUT2D eigenvalue weighted by molar-refractivity contribution is 7.52. The lowest BCUT2D eigenvalue weighted by Gasteiger charge is -2.19. The third kappa shape index (κ3) is 14.8. The van der Waals surface area contributed by atoms with Crippen molar-refractivity contribution >= 4 is 24.6 Å². The van der Waals surface area contributed by atoms with Gasteiger partial charge in [0.25, 0.3) is 0 Å². The summed E-state index contributed by atoms with van der Waals surface area (Å²) in [6, 6.07) is 0. The minimum Gasteiger partial charge on any atom is -0.394 e. The second-order valence-electron chi connectivity index (χ2n) is 10.5. The Kier molecular flexibility index (Phi) is 18.3. The van der Waals surface area contributed by atoms with Gasteiger partial charge in [0.05, 0.1) is 32.2 Å². The fourth-order valence-corrected chi connectivity index (χ4v) is 5.41. The molecule has 0 spiro atoms. The van der Waals surface area contributed by atoms with Gasteiger partial charge in [-0.3, -0.25) is 4.57 Å². The average Bonchev–Trinajstić information content (AvgIpc) is 3.36. The van der Waals surface area contributed by atoms with Crippen molar-refractivity contribution in [2.24, 2.45) is 0 Å². The number of anilines is 1. The Hall–Kier alpha value is -1.62. The maximum absolute atomic E-state index is 12.3. The lowest BCUT2D eigenvalue weighted by molar-refractivity contribution is 0.0175. The monoisotopic (exact) mass is 585 g/mol. The number of hydrogen-bond donors (Lipinski definition) is 3. The molecule has 4 N–H and O–H groups in total. The molecule has 40 heavy (non-hydrogen) atoms. The maximum Gasteiger partial charge on any atom is 0.353 e. The highest BCUT2D eigenvalue weighted by Gasteiger charge is 2.23. The number of unbranched alkanes of at least 4 members (excludes halogenated alkanes) is 13. The molecule has 2 atom stereocenters. The molecule has 0 aliphatic rings. The number of rotatable bonds is 26. The molecule has 0 amide bonds. The highest BCUT2D eigenvalue weighted by atomic mass is 31.2. The Bertz CT molecular complexity index is 962. The van der Waals surface area contributed by atoms with Crippen molar-refractivity contribution in [3.63, 3.8) is 0 Å². The number of imidazole rings is 1. The van der Waals surface area contributed by atoms with E-state index in [1.807, 2.05) is 0 Å². The molecule has 12 heteroatoms. The van der Waals surface area contributed by atoms with Gasteiger partial charge in [-0.25, -0.2) is 15.0 Å². The number of aliphatic hydroxyl groups is 1. The van der Waals surface area contributed by atoms with E-state index < -0.39 is 20.0 Å². The molecule has 0 bridgehead atoms. The zero-order chi connectivity index (χ0) is 28.9. The molecule has 11 nitrogen and oxygen atoms in total. The predicted octanol–water partition coefficient (Wildman–Crippen LogP) is 5.83. The Balaban J connectivity index is 1.41. The Labute approximate surface area is 239 Å². The fraction of sp³-hybridized carbons (Fsp3) is 0.821. The van der Waals surface area contributed by atoms with Crippen molar-refractivity contribution in [1.82, 2.24) is 19.5 Å². The minimum absolute atomic E-state index is 0.0992. The standard InChI is InChI=1S/C28H52N5O6P/c1-2-3-4-5-6-7-8-9-10-11-12-13-14-15-17-37-18-16-19-39-40(35,36)24-38-25(21-34)20-33-23-32-26-27(29)30-22-31-28(26)33/h22-23,25,34H,2-21,24H2,1H3,(H,35,36)(H2,29,30,31)/t25-/m0/s1. The van der Waals surface area contributed by atoms with Gasteiger partial charge in [0, 0.05) is 13.2 Å². The number of nitrogens with two attached hydrogens (primary N) is 1. The van der Waals surface area contributed by atoms with Crippen LogP contribution in [0.15, 0.2) is 12.7 Å². The average molecular weight is 586 g/mol. The normalized spacial score (nSPS) is 14.1. The second kappa shape index (κ2) is 21.1. The smallest absolute Gasteiger partial charge is 0.353 e. The van der Waals surface area contributed by atoms with E-state index in [2.05, 4.69) is 21.9 Å². The number of nitrogens with zero attached hydrogens (tertiary/aromatic N) is 4. The van der Waals surface area contributed by atoms with Gasteiger partial charge in [-0.05, 0) is 12.8 Å². The molecule has 2 heterocycles. The van der Waals surface area contributed by atoms with Crippen LogP contribution in [-0.4, -0.2) is 68.4 Å². The molecule has 2 rings (SSSR count). The van der Waals surface area contributed by atoms with Crippen LogP contribution in [0, 0.1) is 0 Å². The second-order valence-corrected chi connectivity index (χ2v) is 12.3. The first-order valence-electron chi connectivity index (χ1n) is 15.1. The van der Waals surface area contributed by atoms with Crippen molar-refractivity contribution in [2.75, 3.05) is 38.5 Å². The summed E-state index contributed by atoms with van der Waals surface area (Å²) in [5.74, 6) is 0.252. The molecule has 0 aromatic carbocycles. The van der Waals surface area contributed by atoms with Gasteiger partial charge in [0.1, 0.15) is 18.2 Å². The van der Waals surface area contributed by atoms with Crippen LogP contribution >= 0.6 is 7.60 Å². The summed E-state index contributed by atoms with van der Waals surface area (Å²) in [7, 11) is -3.96. The lowest BCUT2D eigenvalue weighted by Crippen LogP contribution is -2.24. The molecular formula is C28H52N5O6P. The largest absolute Gasteiger partial charge is 0.394 e. The van der Waals surface area contributed by atoms with Gasteiger partial charge >= 0.3 is 7.60 Å². The summed E-state index contributed by atoms with van der Waals surface area (Å²) in [5, 5.41) is 9.65. The van der Waals surface area contributed by atoms with Gasteiger partial charge in [-0.15, -0.1) is 0 Å². The summed E-state index contributed by atoms with van der Waals surface area (Å²) in [6.07, 6.45) is 20.7. The van der Waals surface area contributed by atoms with Gasteiger partial charge < -0.3 is 34.3 Å². The number of nitrogen functional groups attached to an aromatic ring is 1. The van der Waals surface area contributed by atoms with Gasteiger partial charge in [0.15, 0.2) is 11.5 Å². The predicted molar refractivity (Wildman–Crippen MR) is 158 cm³/mol. The number of hydrogen-bond acceptors (Lipinski definition) is 9. The summed E-state index contributed by atoms with van der Waals surface area (Å²) in [6.45, 7) is 3.37. The van der Waals surface area contributed by atoms with Gasteiger partial charge in [-0.1, -0.05) is 90.4 Å². The molecule has 230 valence electrons. The summed E-state index contributed by atoms with van der Waals surface area (Å²) in [5.41, 5.74) is 6.73. The van der Waals surface area contributed by atoms with E-state index >= 15 is 0 Å². The molecule has 0 fully saturated rings. The number of aromatic nitrogens is 4. The van der Waals surface area contributed by atoms with Crippen molar-refractivity contribution < 1.29 is 28.6 Å². The van der Waals surface area contributed by atoms with Crippen LogP contribution in [0.3, 0.4) is 0 Å². The van der Waals surface area contributed by atoms with Gasteiger partial charge in [0.2, 0.25) is 0 Å². The van der Waals surface area contributed by atoms with Crippen LogP contribution < -0.4 is 5.73 Å². The highest BCUT2D eigenvalue weighted by Crippen LogP contribution is 2.42. The Morgan fingerprint density at radius 3 is 2.10 bits per heavy atom. The first-order valence-corrected chi connectivity index (χ1v) is 16.9. The van der Waals surface area contributed by atoms with E-state index in [0.29, 0.717) is 30.8 Å². The summed E-state index contributed by atoms with van der Waals surface area (Å²) >= 11 is 0. The maximum atomic E-state index is 12.3. The number of aliphatic hydroxyl groups excluding tert-OH is 1. The summed E-state index contributed by atoms with van der Waals surface area (Å²) in [4.78, 5) is 22.3. The molecule has 0 aliphatic heterocycles. The molecule has 0 saturated heterocycles. The first kappa shape index (κ1) is 34.6. The van der Waals surface area contributed by atoms with Crippen molar-refractivity contribution in [1.29, 1.82) is 0 Å². The van der Waals surface area contributed by atoms with Crippen LogP contribution in [0.25, 0.3) is 11.2 Å². The van der Waals surface area contributed by atoms with Crippen LogP contribution in [0.2, 0.25) is 0 Å². The van der Waals surface area contributed by atoms with Crippen LogP contribution in [-0.2, 0) is 25.1 Å². The molecule has 0 radical (unpaired) electrons. The molecule has 2 aromatic heterocycles. The van der Waals surface area contributed by atoms with E-state index in [4.69, 9.17) is 19.7 Å². The van der Waals surface area contributed by atoms with E-state index in [-0.39, 0.29) is 25.6 Å². The van der Waals surface area contributed by atoms with Crippen LogP contribution in [0.5, 0.6) is 0 Å². The topological polar surface area (TPSA) is 155 Å². The summed E-state index contributed by atoms with van der Waals surface area (Å²) < 4.78 is 30.2.